The molecule has 0 radical (unpaired) electrons. The van der Waals surface area contributed by atoms with Gasteiger partial charge in [0.15, 0.2) is 9.84 Å². The van der Waals surface area contributed by atoms with Crippen molar-refractivity contribution in [3.05, 3.63) is 54.1 Å². The Morgan fingerprint density at radius 1 is 1.08 bits per heavy atom. The zero-order valence-electron chi connectivity index (χ0n) is 15.2. The molecular weight excluding hydrogens is 352 g/mol. The Hall–Kier alpha value is -2.54. The van der Waals surface area contributed by atoms with Gasteiger partial charge >= 0.3 is 6.03 Å². The van der Waals surface area contributed by atoms with Crippen LogP contribution in [0.3, 0.4) is 0 Å². The van der Waals surface area contributed by atoms with Gasteiger partial charge in [0.25, 0.3) is 0 Å². The van der Waals surface area contributed by atoms with Crippen LogP contribution >= 0.6 is 0 Å². The van der Waals surface area contributed by atoms with Crippen LogP contribution in [0.5, 0.6) is 5.75 Å². The monoisotopic (exact) mass is 376 g/mol. The van der Waals surface area contributed by atoms with Gasteiger partial charge in [0, 0.05) is 25.5 Å². The van der Waals surface area contributed by atoms with Gasteiger partial charge in [-0.25, -0.2) is 13.2 Å². The van der Waals surface area contributed by atoms with Crippen molar-refractivity contribution in [3.63, 3.8) is 0 Å². The van der Waals surface area contributed by atoms with Gasteiger partial charge in [0.05, 0.1) is 11.5 Å². The summed E-state index contributed by atoms with van der Waals surface area (Å²) in [6.45, 7) is 2.96. The topological polar surface area (TPSA) is 75.7 Å². The number of nitrogens with zero attached hydrogens (tertiary/aromatic N) is 1. The number of ether oxygens (including phenoxy) is 1. The van der Waals surface area contributed by atoms with Crippen molar-refractivity contribution >= 4 is 21.6 Å². The molecule has 0 atom stereocenters. The fourth-order valence-corrected chi connectivity index (χ4v) is 2.86. The molecule has 2 rings (SSSR count). The smallest absolute Gasteiger partial charge is 0.321 e. The molecule has 0 aromatic heterocycles. The summed E-state index contributed by atoms with van der Waals surface area (Å²) in [7, 11) is -1.47. The van der Waals surface area contributed by atoms with Crippen LogP contribution in [-0.2, 0) is 9.84 Å². The van der Waals surface area contributed by atoms with E-state index in [9.17, 15) is 13.2 Å². The summed E-state index contributed by atoms with van der Waals surface area (Å²) < 4.78 is 28.4. The van der Waals surface area contributed by atoms with E-state index >= 15 is 0 Å². The van der Waals surface area contributed by atoms with Crippen LogP contribution in [0.15, 0.2) is 53.4 Å². The molecule has 0 saturated carbocycles. The molecular formula is C19H24N2O4S. The number of aryl methyl sites for hydroxylation is 1. The van der Waals surface area contributed by atoms with Gasteiger partial charge in [-0.1, -0.05) is 17.7 Å². The zero-order valence-corrected chi connectivity index (χ0v) is 16.0. The maximum Gasteiger partial charge on any atom is 0.321 e. The average molecular weight is 376 g/mol. The Labute approximate surface area is 154 Å². The molecule has 2 aromatic carbocycles. The van der Waals surface area contributed by atoms with E-state index in [1.165, 1.54) is 18.4 Å². The van der Waals surface area contributed by atoms with E-state index in [-0.39, 0.29) is 10.9 Å². The molecule has 0 unspecified atom stereocenters. The van der Waals surface area contributed by atoms with E-state index in [2.05, 4.69) is 5.32 Å². The van der Waals surface area contributed by atoms with Crippen molar-refractivity contribution in [2.75, 3.05) is 31.8 Å². The molecule has 0 aliphatic heterocycles. The molecule has 2 amide bonds. The molecule has 1 N–H and O–H groups in total. The van der Waals surface area contributed by atoms with Crippen LogP contribution in [0.2, 0.25) is 0 Å². The van der Waals surface area contributed by atoms with E-state index in [1.807, 2.05) is 31.2 Å². The first-order chi connectivity index (χ1) is 12.3. The minimum Gasteiger partial charge on any atom is -0.494 e. The quantitative estimate of drug-likeness (QED) is 0.752. The van der Waals surface area contributed by atoms with E-state index in [0.29, 0.717) is 25.3 Å². The zero-order chi connectivity index (χ0) is 19.2. The van der Waals surface area contributed by atoms with E-state index in [1.54, 1.807) is 24.1 Å². The molecule has 7 heteroatoms. The molecule has 0 spiro atoms. The molecule has 6 nitrogen and oxygen atoms in total. The predicted octanol–water partition coefficient (Wildman–Crippen LogP) is 3.33. The van der Waals surface area contributed by atoms with E-state index in [0.717, 1.165) is 11.3 Å². The molecule has 0 heterocycles. The molecule has 0 aliphatic rings. The summed E-state index contributed by atoms with van der Waals surface area (Å²) in [5.41, 5.74) is 1.90. The number of hydrogen-bond donors (Lipinski definition) is 1. The van der Waals surface area contributed by atoms with Crippen LogP contribution in [0, 0.1) is 6.92 Å². The predicted molar refractivity (Wildman–Crippen MR) is 102 cm³/mol. The molecule has 0 fully saturated rings. The summed E-state index contributed by atoms with van der Waals surface area (Å²) >= 11 is 0. The summed E-state index contributed by atoms with van der Waals surface area (Å²) in [4.78, 5) is 14.0. The second kappa shape index (κ2) is 8.71. The highest BCUT2D eigenvalue weighted by atomic mass is 32.2. The van der Waals surface area contributed by atoms with Gasteiger partial charge in [-0.2, -0.15) is 0 Å². The number of urea groups is 1. The lowest BCUT2D eigenvalue weighted by Gasteiger charge is -2.18. The van der Waals surface area contributed by atoms with Crippen molar-refractivity contribution in [2.45, 2.75) is 18.2 Å². The van der Waals surface area contributed by atoms with E-state index in [4.69, 9.17) is 4.74 Å². The lowest BCUT2D eigenvalue weighted by atomic mass is 10.2. The number of benzene rings is 2. The van der Waals surface area contributed by atoms with Crippen molar-refractivity contribution in [1.82, 2.24) is 4.90 Å². The second-order valence-electron chi connectivity index (χ2n) is 6.16. The minimum absolute atomic E-state index is 0.175. The maximum absolute atomic E-state index is 12.1. The first-order valence-corrected chi connectivity index (χ1v) is 10.2. The number of carbonyl (C=O) groups excluding carboxylic acids is 1. The molecule has 2 aromatic rings. The SMILES string of the molecule is Cc1ccc(NC(=O)N(C)CCCOc2ccc(S(C)(=O)=O)cc2)cc1. The fourth-order valence-electron chi connectivity index (χ4n) is 2.23. The highest BCUT2D eigenvalue weighted by molar-refractivity contribution is 7.90. The normalized spacial score (nSPS) is 11.0. The van der Waals surface area contributed by atoms with Crippen LogP contribution in [0.4, 0.5) is 10.5 Å². The third-order valence-corrected chi connectivity index (χ3v) is 4.94. The number of anilines is 1. The van der Waals surface area contributed by atoms with Gasteiger partial charge in [-0.3, -0.25) is 0 Å². The lowest BCUT2D eigenvalue weighted by molar-refractivity contribution is 0.216. The number of rotatable bonds is 7. The standard InChI is InChI=1S/C19H24N2O4S/c1-15-5-7-16(8-6-15)20-19(22)21(2)13-4-14-25-17-9-11-18(12-10-17)26(3,23)24/h5-12H,4,13-14H2,1-3H3,(H,20,22). The molecule has 0 bridgehead atoms. The summed E-state index contributed by atoms with van der Waals surface area (Å²) in [6.07, 6.45) is 1.83. The van der Waals surface area contributed by atoms with Crippen LogP contribution in [-0.4, -0.2) is 45.8 Å². The number of amides is 2. The average Bonchev–Trinajstić information content (AvgIpc) is 2.60. The van der Waals surface area contributed by atoms with Crippen molar-refractivity contribution in [1.29, 1.82) is 0 Å². The van der Waals surface area contributed by atoms with Crippen LogP contribution in [0.1, 0.15) is 12.0 Å². The molecule has 0 saturated heterocycles. The Bertz CT molecular complexity index is 831. The third kappa shape index (κ3) is 6.07. The Morgan fingerprint density at radius 2 is 1.69 bits per heavy atom. The third-order valence-electron chi connectivity index (χ3n) is 3.81. The molecule has 140 valence electrons. The Morgan fingerprint density at radius 3 is 2.27 bits per heavy atom. The summed E-state index contributed by atoms with van der Waals surface area (Å²) in [6, 6.07) is 13.7. The van der Waals surface area contributed by atoms with Crippen LogP contribution < -0.4 is 10.1 Å². The van der Waals surface area contributed by atoms with Gasteiger partial charge in [-0.15, -0.1) is 0 Å². The number of carbonyl (C=O) groups is 1. The summed E-state index contributed by atoms with van der Waals surface area (Å²) in [5, 5.41) is 2.84. The maximum atomic E-state index is 12.1. The number of nitrogens with one attached hydrogen (secondary N) is 1. The Balaban J connectivity index is 1.73. The minimum atomic E-state index is -3.20. The largest absolute Gasteiger partial charge is 0.494 e. The number of sulfone groups is 1. The number of hydrogen-bond acceptors (Lipinski definition) is 4. The highest BCUT2D eigenvalue weighted by Crippen LogP contribution is 2.16. The van der Waals surface area contributed by atoms with Gasteiger partial charge < -0.3 is 15.0 Å². The fraction of sp³-hybridized carbons (Fsp3) is 0.316. The van der Waals surface area contributed by atoms with Gasteiger partial charge in [-0.05, 0) is 49.7 Å². The second-order valence-corrected chi connectivity index (χ2v) is 8.18. The Kier molecular flexibility index (Phi) is 6.63. The van der Waals surface area contributed by atoms with Crippen LogP contribution in [0.25, 0.3) is 0 Å². The van der Waals surface area contributed by atoms with E-state index < -0.39 is 9.84 Å². The van der Waals surface area contributed by atoms with Crippen molar-refractivity contribution in [3.8, 4) is 5.75 Å². The first kappa shape index (κ1) is 19.8. The lowest BCUT2D eigenvalue weighted by Crippen LogP contribution is -2.32. The summed E-state index contributed by atoms with van der Waals surface area (Å²) in [5.74, 6) is 0.601. The highest BCUT2D eigenvalue weighted by Gasteiger charge is 2.09. The molecule has 0 aliphatic carbocycles. The molecule has 26 heavy (non-hydrogen) atoms. The van der Waals surface area contributed by atoms with Crippen molar-refractivity contribution < 1.29 is 17.9 Å². The van der Waals surface area contributed by atoms with Gasteiger partial charge in [0.1, 0.15) is 5.75 Å². The van der Waals surface area contributed by atoms with Gasteiger partial charge in [0.2, 0.25) is 0 Å². The first-order valence-electron chi connectivity index (χ1n) is 8.27. The van der Waals surface area contributed by atoms with Crippen molar-refractivity contribution in [2.24, 2.45) is 0 Å².